The summed E-state index contributed by atoms with van der Waals surface area (Å²) in [5.41, 5.74) is 3.01. The highest BCUT2D eigenvalue weighted by Gasteiger charge is 2.07. The first-order valence-corrected chi connectivity index (χ1v) is 8.81. The summed E-state index contributed by atoms with van der Waals surface area (Å²) in [6.07, 6.45) is 8.79. The Hall–Kier alpha value is -3.81. The number of aromatic nitrogens is 6. The normalized spacial score (nSPS) is 10.8. The molecule has 28 heavy (non-hydrogen) atoms. The molecule has 0 saturated heterocycles. The van der Waals surface area contributed by atoms with Crippen molar-refractivity contribution in [2.75, 3.05) is 5.32 Å². The summed E-state index contributed by atoms with van der Waals surface area (Å²) >= 11 is 0. The highest BCUT2D eigenvalue weighted by Crippen LogP contribution is 2.16. The van der Waals surface area contributed by atoms with E-state index >= 15 is 0 Å². The summed E-state index contributed by atoms with van der Waals surface area (Å²) < 4.78 is 1.85. The lowest BCUT2D eigenvalue weighted by atomic mass is 10.2. The smallest absolute Gasteiger partial charge is 0.254 e. The molecule has 0 aliphatic rings. The molecule has 0 radical (unpaired) electrons. The molecule has 0 aromatic carbocycles. The third-order valence-corrected chi connectivity index (χ3v) is 4.48. The number of nitrogens with zero attached hydrogens (tertiary/aromatic N) is 5. The maximum atomic E-state index is 11.9. The van der Waals surface area contributed by atoms with Crippen molar-refractivity contribution in [3.05, 3.63) is 82.6 Å². The lowest BCUT2D eigenvalue weighted by Gasteiger charge is -2.08. The first-order valence-electron chi connectivity index (χ1n) is 8.81. The van der Waals surface area contributed by atoms with Crippen LogP contribution in [0.2, 0.25) is 0 Å². The Morgan fingerprint density at radius 2 is 2.00 bits per heavy atom. The Bertz CT molecular complexity index is 1130. The molecule has 4 aromatic rings. The molecule has 0 saturated carbocycles. The van der Waals surface area contributed by atoms with Crippen molar-refractivity contribution >= 4 is 5.82 Å². The number of imidazole rings is 1. The molecule has 8 nitrogen and oxygen atoms in total. The van der Waals surface area contributed by atoms with E-state index < -0.39 is 0 Å². The van der Waals surface area contributed by atoms with Crippen LogP contribution in [-0.4, -0.2) is 29.5 Å². The molecule has 0 aliphatic carbocycles. The van der Waals surface area contributed by atoms with Gasteiger partial charge in [-0.25, -0.2) is 19.9 Å². The zero-order valence-corrected chi connectivity index (χ0v) is 15.5. The van der Waals surface area contributed by atoms with Crippen molar-refractivity contribution in [1.82, 2.24) is 29.5 Å². The third-order valence-electron chi connectivity index (χ3n) is 4.48. The number of aromatic amines is 1. The average molecular weight is 373 g/mol. The second kappa shape index (κ2) is 7.43. The number of hydrogen-bond donors (Lipinski definition) is 2. The van der Waals surface area contributed by atoms with E-state index in [1.807, 2.05) is 48.1 Å². The minimum Gasteiger partial charge on any atom is -0.366 e. The number of rotatable bonds is 5. The molecular formula is C20H19N7O. The van der Waals surface area contributed by atoms with Crippen LogP contribution in [0.25, 0.3) is 17.2 Å². The Kier molecular flexibility index (Phi) is 4.67. The number of nitrogens with one attached hydrogen (secondary N) is 2. The summed E-state index contributed by atoms with van der Waals surface area (Å²) in [4.78, 5) is 32.0. The van der Waals surface area contributed by atoms with Gasteiger partial charge in [-0.2, -0.15) is 0 Å². The molecule has 140 valence electrons. The molecule has 8 heteroatoms. The van der Waals surface area contributed by atoms with E-state index in [0.717, 1.165) is 22.8 Å². The lowest BCUT2D eigenvalue weighted by molar-refractivity contribution is 0.977. The molecule has 0 spiro atoms. The maximum Gasteiger partial charge on any atom is 0.254 e. The van der Waals surface area contributed by atoms with Crippen LogP contribution in [0.4, 0.5) is 5.82 Å². The lowest BCUT2D eigenvalue weighted by Crippen LogP contribution is -2.14. The molecule has 0 bridgehead atoms. The van der Waals surface area contributed by atoms with Crippen molar-refractivity contribution < 1.29 is 0 Å². The molecule has 4 aromatic heterocycles. The van der Waals surface area contributed by atoms with Crippen LogP contribution < -0.4 is 10.9 Å². The highest BCUT2D eigenvalue weighted by molar-refractivity contribution is 5.56. The van der Waals surface area contributed by atoms with Gasteiger partial charge >= 0.3 is 0 Å². The third kappa shape index (κ3) is 3.66. The molecule has 0 amide bonds. The Balaban J connectivity index is 1.43. The van der Waals surface area contributed by atoms with Crippen molar-refractivity contribution in [3.63, 3.8) is 0 Å². The number of H-pyrrole nitrogens is 1. The van der Waals surface area contributed by atoms with E-state index in [1.165, 1.54) is 0 Å². The summed E-state index contributed by atoms with van der Waals surface area (Å²) in [6, 6.07) is 7.69. The zero-order valence-electron chi connectivity index (χ0n) is 15.5. The van der Waals surface area contributed by atoms with Crippen molar-refractivity contribution in [1.29, 1.82) is 0 Å². The molecule has 0 aliphatic heterocycles. The average Bonchev–Trinajstić information content (AvgIpc) is 3.26. The van der Waals surface area contributed by atoms with E-state index in [2.05, 4.69) is 30.2 Å². The monoisotopic (exact) mass is 373 g/mol. The van der Waals surface area contributed by atoms with E-state index in [1.54, 1.807) is 25.6 Å². The fourth-order valence-corrected chi connectivity index (χ4v) is 2.68. The topological polar surface area (TPSA) is 101 Å². The van der Waals surface area contributed by atoms with Crippen molar-refractivity contribution in [3.8, 4) is 17.2 Å². The van der Waals surface area contributed by atoms with E-state index in [-0.39, 0.29) is 5.56 Å². The predicted octanol–water partition coefficient (Wildman–Crippen LogP) is 2.64. The van der Waals surface area contributed by atoms with Crippen molar-refractivity contribution in [2.24, 2.45) is 0 Å². The summed E-state index contributed by atoms with van der Waals surface area (Å²) in [6.45, 7) is 4.18. The predicted molar refractivity (Wildman–Crippen MR) is 106 cm³/mol. The summed E-state index contributed by atoms with van der Waals surface area (Å²) in [5, 5.41) is 3.26. The summed E-state index contributed by atoms with van der Waals surface area (Å²) in [7, 11) is 0. The van der Waals surface area contributed by atoms with Gasteiger partial charge in [-0.05, 0) is 37.6 Å². The fraction of sp³-hybridized carbons (Fsp3) is 0.150. The van der Waals surface area contributed by atoms with Crippen LogP contribution >= 0.6 is 0 Å². The molecule has 4 rings (SSSR count). The van der Waals surface area contributed by atoms with E-state index in [4.69, 9.17) is 0 Å². The number of hydrogen-bond acceptors (Lipinski definition) is 6. The van der Waals surface area contributed by atoms with Gasteiger partial charge in [0.2, 0.25) is 0 Å². The van der Waals surface area contributed by atoms with Gasteiger partial charge in [0.05, 0.1) is 0 Å². The molecule has 4 heterocycles. The Morgan fingerprint density at radius 3 is 2.64 bits per heavy atom. The summed E-state index contributed by atoms with van der Waals surface area (Å²) in [5.74, 6) is 2.07. The molecular weight excluding hydrogens is 354 g/mol. The van der Waals surface area contributed by atoms with Gasteiger partial charge in [-0.15, -0.1) is 0 Å². The van der Waals surface area contributed by atoms with Gasteiger partial charge in [0.15, 0.2) is 0 Å². The Morgan fingerprint density at radius 1 is 1.11 bits per heavy atom. The van der Waals surface area contributed by atoms with Crippen LogP contribution in [0.5, 0.6) is 0 Å². The highest BCUT2D eigenvalue weighted by atomic mass is 16.1. The number of anilines is 1. The first kappa shape index (κ1) is 17.6. The zero-order chi connectivity index (χ0) is 19.5. The van der Waals surface area contributed by atoms with Crippen LogP contribution in [0.1, 0.15) is 16.8 Å². The molecule has 2 N–H and O–H groups in total. The molecule has 0 fully saturated rings. The maximum absolute atomic E-state index is 11.9. The van der Waals surface area contributed by atoms with Gasteiger partial charge in [0.25, 0.3) is 5.56 Å². The van der Waals surface area contributed by atoms with Crippen LogP contribution in [0.3, 0.4) is 0 Å². The number of aryl methyl sites for hydroxylation is 1. The van der Waals surface area contributed by atoms with Gasteiger partial charge in [-0.1, -0.05) is 6.07 Å². The van der Waals surface area contributed by atoms with E-state index in [9.17, 15) is 4.79 Å². The standard InChI is InChI=1S/C20H19N7O/c1-13-14(2)25-19(26-20(13)28)16-4-5-17(23-11-16)22-9-15-3-6-18(24-10-15)27-8-7-21-12-27/h3-8,10-12H,9H2,1-2H3,(H,22,23)(H,25,26,28). The van der Waals surface area contributed by atoms with Crippen LogP contribution in [0.15, 0.2) is 60.2 Å². The van der Waals surface area contributed by atoms with Gasteiger partial charge in [0, 0.05) is 48.2 Å². The largest absolute Gasteiger partial charge is 0.366 e. The quantitative estimate of drug-likeness (QED) is 0.558. The minimum atomic E-state index is -0.128. The van der Waals surface area contributed by atoms with Crippen LogP contribution in [-0.2, 0) is 6.54 Å². The van der Waals surface area contributed by atoms with Crippen molar-refractivity contribution in [2.45, 2.75) is 20.4 Å². The van der Waals surface area contributed by atoms with Gasteiger partial charge in [0.1, 0.15) is 23.8 Å². The SMILES string of the molecule is Cc1nc(-c2ccc(NCc3ccc(-n4ccnc4)nc3)nc2)[nH]c(=O)c1C. The van der Waals surface area contributed by atoms with Crippen LogP contribution in [0, 0.1) is 13.8 Å². The Labute approximate surface area is 161 Å². The van der Waals surface area contributed by atoms with Gasteiger partial charge < -0.3 is 10.3 Å². The molecule has 0 atom stereocenters. The first-order chi connectivity index (χ1) is 13.6. The van der Waals surface area contributed by atoms with Gasteiger partial charge in [-0.3, -0.25) is 9.36 Å². The second-order valence-corrected chi connectivity index (χ2v) is 6.41. The molecule has 0 unspecified atom stereocenters. The minimum absolute atomic E-state index is 0.128. The van der Waals surface area contributed by atoms with E-state index in [0.29, 0.717) is 23.6 Å². The fourth-order valence-electron chi connectivity index (χ4n) is 2.68. The second-order valence-electron chi connectivity index (χ2n) is 6.41. The number of pyridine rings is 2.